The van der Waals surface area contributed by atoms with Crippen LogP contribution in [0.2, 0.25) is 0 Å². The minimum Gasteiger partial charge on any atom is -0.248 e. The summed E-state index contributed by atoms with van der Waals surface area (Å²) in [5.74, 6) is 0.706. The highest BCUT2D eigenvalue weighted by Crippen LogP contribution is 2.27. The van der Waals surface area contributed by atoms with Crippen molar-refractivity contribution in [3.63, 3.8) is 0 Å². The molecule has 1 aromatic heterocycles. The minimum atomic E-state index is -3.55. The van der Waals surface area contributed by atoms with E-state index in [1.165, 1.54) is 23.9 Å². The SMILES string of the molecule is O=S(=O)(N[C@H]1CCCn2ncnc21)c1ccc2c(c1)CCCC2. The molecule has 4 rings (SSSR count). The molecule has 122 valence electrons. The van der Waals surface area contributed by atoms with Gasteiger partial charge in [-0.1, -0.05) is 6.07 Å². The van der Waals surface area contributed by atoms with Crippen LogP contribution < -0.4 is 4.72 Å². The van der Waals surface area contributed by atoms with Crippen molar-refractivity contribution < 1.29 is 8.42 Å². The number of sulfonamides is 1. The van der Waals surface area contributed by atoms with E-state index in [1.807, 2.05) is 12.1 Å². The van der Waals surface area contributed by atoms with Crippen molar-refractivity contribution in [3.8, 4) is 0 Å². The number of aryl methyl sites for hydroxylation is 3. The number of rotatable bonds is 3. The molecule has 0 unspecified atom stereocenters. The van der Waals surface area contributed by atoms with Crippen LogP contribution in [0, 0.1) is 0 Å². The molecule has 0 fully saturated rings. The fourth-order valence-electron chi connectivity index (χ4n) is 3.53. The van der Waals surface area contributed by atoms with Crippen molar-refractivity contribution in [3.05, 3.63) is 41.5 Å². The van der Waals surface area contributed by atoms with Crippen LogP contribution in [0.25, 0.3) is 0 Å². The summed E-state index contributed by atoms with van der Waals surface area (Å²) in [7, 11) is -3.55. The van der Waals surface area contributed by atoms with E-state index < -0.39 is 10.0 Å². The molecule has 0 spiro atoms. The van der Waals surface area contributed by atoms with Gasteiger partial charge in [-0.25, -0.2) is 22.8 Å². The van der Waals surface area contributed by atoms with Gasteiger partial charge in [0.15, 0.2) is 0 Å². The van der Waals surface area contributed by atoms with Crippen molar-refractivity contribution in [2.24, 2.45) is 0 Å². The zero-order valence-electron chi connectivity index (χ0n) is 12.9. The third-order valence-electron chi connectivity index (χ3n) is 4.75. The molecule has 0 saturated carbocycles. The number of hydrogen-bond donors (Lipinski definition) is 1. The van der Waals surface area contributed by atoms with Gasteiger partial charge in [-0.15, -0.1) is 0 Å². The molecule has 2 heterocycles. The van der Waals surface area contributed by atoms with E-state index in [2.05, 4.69) is 14.8 Å². The van der Waals surface area contributed by atoms with Crippen molar-refractivity contribution >= 4 is 10.0 Å². The largest absolute Gasteiger partial charge is 0.248 e. The third kappa shape index (κ3) is 2.79. The Labute approximate surface area is 136 Å². The lowest BCUT2D eigenvalue weighted by molar-refractivity contribution is 0.400. The Balaban J connectivity index is 1.62. The number of aromatic nitrogens is 3. The molecule has 2 aromatic rings. The van der Waals surface area contributed by atoms with Crippen LogP contribution in [0.15, 0.2) is 29.4 Å². The molecule has 1 atom stereocenters. The Morgan fingerprint density at radius 2 is 1.96 bits per heavy atom. The molecule has 23 heavy (non-hydrogen) atoms. The highest BCUT2D eigenvalue weighted by molar-refractivity contribution is 7.89. The quantitative estimate of drug-likeness (QED) is 0.932. The van der Waals surface area contributed by atoms with Gasteiger partial charge in [-0.05, 0) is 61.8 Å². The van der Waals surface area contributed by atoms with Gasteiger partial charge >= 0.3 is 0 Å². The Bertz CT molecular complexity index is 828. The summed E-state index contributed by atoms with van der Waals surface area (Å²) < 4.78 is 30.1. The van der Waals surface area contributed by atoms with Gasteiger partial charge in [0.05, 0.1) is 10.9 Å². The average molecular weight is 332 g/mol. The van der Waals surface area contributed by atoms with E-state index in [9.17, 15) is 8.42 Å². The Morgan fingerprint density at radius 1 is 1.13 bits per heavy atom. The number of fused-ring (bicyclic) bond motifs is 2. The number of nitrogens with one attached hydrogen (secondary N) is 1. The van der Waals surface area contributed by atoms with E-state index in [-0.39, 0.29) is 6.04 Å². The van der Waals surface area contributed by atoms with E-state index >= 15 is 0 Å². The summed E-state index contributed by atoms with van der Waals surface area (Å²) in [4.78, 5) is 4.57. The first-order valence-electron chi connectivity index (χ1n) is 8.15. The topological polar surface area (TPSA) is 76.9 Å². The van der Waals surface area contributed by atoms with E-state index in [1.54, 1.807) is 10.7 Å². The first-order valence-corrected chi connectivity index (χ1v) is 9.64. The lowest BCUT2D eigenvalue weighted by atomic mass is 9.92. The second-order valence-corrected chi connectivity index (χ2v) is 8.01. The van der Waals surface area contributed by atoms with Crippen molar-refractivity contribution in [2.75, 3.05) is 0 Å². The van der Waals surface area contributed by atoms with Crippen LogP contribution in [-0.2, 0) is 29.4 Å². The van der Waals surface area contributed by atoms with Crippen LogP contribution in [0.3, 0.4) is 0 Å². The fraction of sp³-hybridized carbons (Fsp3) is 0.500. The Morgan fingerprint density at radius 3 is 2.83 bits per heavy atom. The molecule has 1 aliphatic heterocycles. The van der Waals surface area contributed by atoms with Crippen LogP contribution in [0.1, 0.15) is 48.7 Å². The van der Waals surface area contributed by atoms with Crippen LogP contribution >= 0.6 is 0 Å². The summed E-state index contributed by atoms with van der Waals surface area (Å²) in [6, 6.07) is 5.23. The van der Waals surface area contributed by atoms with Crippen molar-refractivity contribution in [1.29, 1.82) is 0 Å². The monoisotopic (exact) mass is 332 g/mol. The summed E-state index contributed by atoms with van der Waals surface area (Å²) in [6.07, 6.45) is 7.48. The highest BCUT2D eigenvalue weighted by atomic mass is 32.2. The number of nitrogens with zero attached hydrogens (tertiary/aromatic N) is 3. The predicted octanol–water partition coefficient (Wildman–Crippen LogP) is 1.97. The zero-order valence-corrected chi connectivity index (χ0v) is 13.7. The van der Waals surface area contributed by atoms with Crippen LogP contribution in [0.4, 0.5) is 0 Å². The van der Waals surface area contributed by atoms with Crippen molar-refractivity contribution in [2.45, 2.75) is 56.0 Å². The van der Waals surface area contributed by atoms with E-state index in [0.717, 1.165) is 38.6 Å². The van der Waals surface area contributed by atoms with E-state index in [4.69, 9.17) is 0 Å². The number of benzene rings is 1. The minimum absolute atomic E-state index is 0.299. The maximum atomic E-state index is 12.7. The second-order valence-electron chi connectivity index (χ2n) is 6.30. The lowest BCUT2D eigenvalue weighted by Crippen LogP contribution is -2.33. The van der Waals surface area contributed by atoms with Gasteiger partial charge in [0, 0.05) is 6.54 Å². The molecule has 6 nitrogen and oxygen atoms in total. The van der Waals surface area contributed by atoms with Crippen LogP contribution in [0.5, 0.6) is 0 Å². The molecule has 1 N–H and O–H groups in total. The molecule has 7 heteroatoms. The first kappa shape index (κ1) is 14.8. The normalized spacial score (nSPS) is 20.8. The Kier molecular flexibility index (Phi) is 3.69. The summed E-state index contributed by atoms with van der Waals surface area (Å²) in [5, 5.41) is 4.14. The zero-order chi connectivity index (χ0) is 15.9. The average Bonchev–Trinajstić information content (AvgIpc) is 3.04. The maximum absolute atomic E-state index is 12.7. The molecule has 0 radical (unpaired) electrons. The third-order valence-corrected chi connectivity index (χ3v) is 6.22. The highest BCUT2D eigenvalue weighted by Gasteiger charge is 2.28. The summed E-state index contributed by atoms with van der Waals surface area (Å²) >= 11 is 0. The summed E-state index contributed by atoms with van der Waals surface area (Å²) in [6.45, 7) is 0.798. The van der Waals surface area contributed by atoms with Crippen LogP contribution in [-0.4, -0.2) is 23.2 Å². The van der Waals surface area contributed by atoms with Gasteiger partial charge in [-0.2, -0.15) is 5.10 Å². The molecule has 0 amide bonds. The fourth-order valence-corrected chi connectivity index (χ4v) is 4.81. The maximum Gasteiger partial charge on any atom is 0.241 e. The predicted molar refractivity (Wildman–Crippen MR) is 85.4 cm³/mol. The molecule has 1 aromatic carbocycles. The first-order chi connectivity index (χ1) is 11.1. The lowest BCUT2D eigenvalue weighted by Gasteiger charge is -2.23. The molecule has 0 bridgehead atoms. The van der Waals surface area contributed by atoms with Gasteiger partial charge in [0.2, 0.25) is 10.0 Å². The molecular weight excluding hydrogens is 312 g/mol. The molecule has 2 aliphatic rings. The van der Waals surface area contributed by atoms with Gasteiger partial charge in [-0.3, -0.25) is 0 Å². The number of hydrogen-bond acceptors (Lipinski definition) is 4. The van der Waals surface area contributed by atoms with E-state index in [0.29, 0.717) is 10.7 Å². The summed E-state index contributed by atoms with van der Waals surface area (Å²) in [5.41, 5.74) is 2.46. The molecular formula is C16H20N4O2S. The van der Waals surface area contributed by atoms with Crippen molar-refractivity contribution in [1.82, 2.24) is 19.5 Å². The van der Waals surface area contributed by atoms with Gasteiger partial charge in [0.25, 0.3) is 0 Å². The molecule has 0 saturated heterocycles. The second kappa shape index (κ2) is 5.72. The van der Waals surface area contributed by atoms with Gasteiger partial charge < -0.3 is 0 Å². The standard InChI is InChI=1S/C16H20N4O2S/c21-23(22,14-8-7-12-4-1-2-5-13(12)10-14)19-15-6-3-9-20-16(15)17-11-18-20/h7-8,10-11,15,19H,1-6,9H2/t15-/m0/s1. The molecule has 1 aliphatic carbocycles. The van der Waals surface area contributed by atoms with Gasteiger partial charge in [0.1, 0.15) is 12.2 Å². The Hall–Kier alpha value is -1.73. The smallest absolute Gasteiger partial charge is 0.241 e.